The van der Waals surface area contributed by atoms with Gasteiger partial charge in [0.15, 0.2) is 0 Å². The molecule has 0 saturated carbocycles. The number of hydroxylamine groups is 1. The molecule has 1 aromatic carbocycles. The third kappa shape index (κ3) is 5.45. The molecule has 0 radical (unpaired) electrons. The van der Waals surface area contributed by atoms with E-state index in [2.05, 4.69) is 16.7 Å². The summed E-state index contributed by atoms with van der Waals surface area (Å²) in [6.45, 7) is 5.66. The lowest BCUT2D eigenvalue weighted by molar-refractivity contribution is -0.384. The molecule has 0 heterocycles. The van der Waals surface area contributed by atoms with Gasteiger partial charge in [-0.1, -0.05) is 6.08 Å². The first-order valence-corrected chi connectivity index (χ1v) is 6.22. The van der Waals surface area contributed by atoms with Crippen LogP contribution in [0.1, 0.15) is 17.3 Å². The van der Waals surface area contributed by atoms with E-state index in [-0.39, 0.29) is 11.3 Å². The molecule has 0 spiro atoms. The number of hydrogen-bond donors (Lipinski definition) is 2. The number of benzene rings is 1. The van der Waals surface area contributed by atoms with Crippen LogP contribution in [0, 0.1) is 10.1 Å². The first-order chi connectivity index (χ1) is 10.4. The SMILES string of the molecule is C=CCNC(C)=CC(=O)ONC(=O)c1ccc([N+](=O)[O-])cc1. The zero-order valence-corrected chi connectivity index (χ0v) is 11.9. The minimum atomic E-state index is -0.760. The number of nitrogens with one attached hydrogen (secondary N) is 2. The average molecular weight is 305 g/mol. The van der Waals surface area contributed by atoms with Gasteiger partial charge in [0, 0.05) is 36.0 Å². The highest BCUT2D eigenvalue weighted by Crippen LogP contribution is 2.11. The van der Waals surface area contributed by atoms with Crippen LogP contribution >= 0.6 is 0 Å². The minimum Gasteiger partial charge on any atom is -0.385 e. The predicted octanol–water partition coefficient (Wildman–Crippen LogP) is 1.46. The van der Waals surface area contributed by atoms with Crippen molar-refractivity contribution in [3.05, 3.63) is 64.4 Å². The van der Waals surface area contributed by atoms with Crippen molar-refractivity contribution in [2.75, 3.05) is 6.54 Å². The molecule has 8 heteroatoms. The molecule has 0 aliphatic heterocycles. The lowest BCUT2D eigenvalue weighted by Crippen LogP contribution is -2.26. The molecule has 22 heavy (non-hydrogen) atoms. The van der Waals surface area contributed by atoms with Gasteiger partial charge in [0.25, 0.3) is 11.6 Å². The smallest absolute Gasteiger partial charge is 0.357 e. The zero-order chi connectivity index (χ0) is 16.5. The molecular formula is C14H15N3O5. The van der Waals surface area contributed by atoms with Crippen LogP contribution in [0.4, 0.5) is 5.69 Å². The molecule has 0 aliphatic rings. The zero-order valence-electron chi connectivity index (χ0n) is 11.9. The van der Waals surface area contributed by atoms with E-state index in [0.717, 1.165) is 0 Å². The molecule has 1 rings (SSSR count). The van der Waals surface area contributed by atoms with E-state index in [4.69, 9.17) is 0 Å². The van der Waals surface area contributed by atoms with E-state index in [1.165, 1.54) is 30.3 Å². The molecule has 116 valence electrons. The maximum Gasteiger partial charge on any atom is 0.357 e. The summed E-state index contributed by atoms with van der Waals surface area (Å²) < 4.78 is 0. The van der Waals surface area contributed by atoms with E-state index in [0.29, 0.717) is 12.2 Å². The average Bonchev–Trinajstić information content (AvgIpc) is 2.50. The number of non-ortho nitro benzene ring substituents is 1. The predicted molar refractivity (Wildman–Crippen MR) is 78.6 cm³/mol. The van der Waals surface area contributed by atoms with E-state index < -0.39 is 16.8 Å². The molecule has 0 bridgehead atoms. The topological polar surface area (TPSA) is 111 Å². The van der Waals surface area contributed by atoms with E-state index >= 15 is 0 Å². The van der Waals surface area contributed by atoms with Gasteiger partial charge in [0.2, 0.25) is 0 Å². The number of hydrogen-bond acceptors (Lipinski definition) is 6. The Bertz CT molecular complexity index is 607. The van der Waals surface area contributed by atoms with E-state index in [1.807, 2.05) is 5.48 Å². The largest absolute Gasteiger partial charge is 0.385 e. The number of carbonyl (C=O) groups is 2. The van der Waals surface area contributed by atoms with Crippen molar-refractivity contribution in [1.82, 2.24) is 10.8 Å². The van der Waals surface area contributed by atoms with Crippen molar-refractivity contribution >= 4 is 17.6 Å². The third-order valence-corrected chi connectivity index (χ3v) is 2.44. The number of rotatable bonds is 6. The highest BCUT2D eigenvalue weighted by Gasteiger charge is 2.10. The summed E-state index contributed by atoms with van der Waals surface area (Å²) >= 11 is 0. The minimum absolute atomic E-state index is 0.129. The number of nitrogens with zero attached hydrogens (tertiary/aromatic N) is 1. The summed E-state index contributed by atoms with van der Waals surface area (Å²) in [4.78, 5) is 37.6. The molecule has 0 aromatic heterocycles. The van der Waals surface area contributed by atoms with Gasteiger partial charge in [-0.25, -0.2) is 4.79 Å². The summed E-state index contributed by atoms with van der Waals surface area (Å²) in [5.74, 6) is -1.45. The number of allylic oxidation sites excluding steroid dienone is 1. The standard InChI is InChI=1S/C14H15N3O5/c1-3-8-15-10(2)9-13(18)22-16-14(19)11-4-6-12(7-5-11)17(20)21/h3-7,9,15H,1,8H2,2H3,(H,16,19). The van der Waals surface area contributed by atoms with Crippen LogP contribution in [0.3, 0.4) is 0 Å². The van der Waals surface area contributed by atoms with Crippen LogP contribution in [-0.2, 0) is 9.63 Å². The van der Waals surface area contributed by atoms with Crippen LogP contribution in [0.5, 0.6) is 0 Å². The van der Waals surface area contributed by atoms with Crippen molar-refractivity contribution in [1.29, 1.82) is 0 Å². The van der Waals surface area contributed by atoms with Crippen molar-refractivity contribution in [2.45, 2.75) is 6.92 Å². The fourth-order valence-electron chi connectivity index (χ4n) is 1.38. The Morgan fingerprint density at radius 1 is 1.36 bits per heavy atom. The van der Waals surface area contributed by atoms with Crippen molar-refractivity contribution in [2.24, 2.45) is 0 Å². The van der Waals surface area contributed by atoms with Gasteiger partial charge < -0.3 is 10.2 Å². The van der Waals surface area contributed by atoms with Crippen LogP contribution in [0.15, 0.2) is 48.7 Å². The molecule has 0 fully saturated rings. The number of nitro benzene ring substituents is 1. The summed E-state index contributed by atoms with van der Waals surface area (Å²) in [6.07, 6.45) is 2.79. The number of amides is 1. The van der Waals surface area contributed by atoms with Gasteiger partial charge in [-0.05, 0) is 19.1 Å². The molecule has 0 aliphatic carbocycles. The van der Waals surface area contributed by atoms with Gasteiger partial charge in [-0.3, -0.25) is 14.9 Å². The monoisotopic (exact) mass is 305 g/mol. The molecule has 0 saturated heterocycles. The van der Waals surface area contributed by atoms with Crippen molar-refractivity contribution < 1.29 is 19.3 Å². The highest BCUT2D eigenvalue weighted by molar-refractivity contribution is 5.95. The highest BCUT2D eigenvalue weighted by atomic mass is 16.7. The van der Waals surface area contributed by atoms with E-state index in [1.54, 1.807) is 13.0 Å². The van der Waals surface area contributed by atoms with E-state index in [9.17, 15) is 19.7 Å². The van der Waals surface area contributed by atoms with Crippen LogP contribution in [-0.4, -0.2) is 23.3 Å². The summed E-state index contributed by atoms with van der Waals surface area (Å²) in [6, 6.07) is 4.88. The van der Waals surface area contributed by atoms with Crippen LogP contribution in [0.25, 0.3) is 0 Å². The normalized spacial score (nSPS) is 10.5. The Balaban J connectivity index is 2.53. The molecule has 0 atom stereocenters. The number of nitro groups is 1. The third-order valence-electron chi connectivity index (χ3n) is 2.44. The first-order valence-electron chi connectivity index (χ1n) is 6.22. The van der Waals surface area contributed by atoms with Gasteiger partial charge in [0.1, 0.15) is 0 Å². The molecule has 8 nitrogen and oxygen atoms in total. The second-order valence-electron chi connectivity index (χ2n) is 4.15. The van der Waals surface area contributed by atoms with Crippen LogP contribution in [0.2, 0.25) is 0 Å². The Morgan fingerprint density at radius 2 is 2.00 bits per heavy atom. The maximum atomic E-state index is 11.7. The Kier molecular flexibility index (Phi) is 6.30. The summed E-state index contributed by atoms with van der Waals surface area (Å²) in [7, 11) is 0. The maximum absolute atomic E-state index is 11.7. The second-order valence-corrected chi connectivity index (χ2v) is 4.15. The fourth-order valence-corrected chi connectivity index (χ4v) is 1.38. The molecule has 1 aromatic rings. The van der Waals surface area contributed by atoms with Gasteiger partial charge in [0.05, 0.1) is 4.92 Å². The Morgan fingerprint density at radius 3 is 2.55 bits per heavy atom. The molecule has 0 unspecified atom stereocenters. The lowest BCUT2D eigenvalue weighted by atomic mass is 10.2. The summed E-state index contributed by atoms with van der Waals surface area (Å²) in [5.41, 5.74) is 2.50. The summed E-state index contributed by atoms with van der Waals surface area (Å²) in [5, 5.41) is 13.4. The Hall–Kier alpha value is -3.16. The van der Waals surface area contributed by atoms with Gasteiger partial charge >= 0.3 is 5.97 Å². The van der Waals surface area contributed by atoms with Gasteiger partial charge in [-0.15, -0.1) is 6.58 Å². The quantitative estimate of drug-likeness (QED) is 0.356. The first kappa shape index (κ1) is 16.9. The molecular weight excluding hydrogens is 290 g/mol. The second kappa shape index (κ2) is 8.20. The van der Waals surface area contributed by atoms with Crippen LogP contribution < -0.4 is 10.8 Å². The fraction of sp³-hybridized carbons (Fsp3) is 0.143. The Labute approximate surface area is 126 Å². The molecule has 1 amide bonds. The lowest BCUT2D eigenvalue weighted by Gasteiger charge is -2.05. The van der Waals surface area contributed by atoms with Crippen molar-refractivity contribution in [3.63, 3.8) is 0 Å². The number of carbonyl (C=O) groups excluding carboxylic acids is 2. The molecule has 2 N–H and O–H groups in total. The van der Waals surface area contributed by atoms with Gasteiger partial charge in [-0.2, -0.15) is 5.48 Å². The van der Waals surface area contributed by atoms with Crippen molar-refractivity contribution in [3.8, 4) is 0 Å².